The molecule has 0 aliphatic heterocycles. The van der Waals surface area contributed by atoms with E-state index >= 15 is 0 Å². The number of hydrogen-bond donors (Lipinski definition) is 0. The molecule has 0 saturated carbocycles. The monoisotopic (exact) mass is 251 g/mol. The highest BCUT2D eigenvalue weighted by molar-refractivity contribution is 7.79. The number of aryl methyl sites for hydroxylation is 1. The van der Waals surface area contributed by atoms with Crippen LogP contribution in [0.1, 0.15) is 17.5 Å². The standard InChI is InChI=1S/C10H11F3O2S/c11-10(12,13)9-5-3-8(4-6-9)2-1-7-16(14)15/h3-6H,1-2,7H2,(H,14,15)/p-1. The Morgan fingerprint density at radius 1 is 1.19 bits per heavy atom. The van der Waals surface area contributed by atoms with Gasteiger partial charge in [0.15, 0.2) is 0 Å². The molecule has 1 atom stereocenters. The third-order valence-electron chi connectivity index (χ3n) is 2.06. The number of benzene rings is 1. The van der Waals surface area contributed by atoms with Crippen LogP contribution in [-0.4, -0.2) is 14.5 Å². The van der Waals surface area contributed by atoms with E-state index < -0.39 is 22.8 Å². The summed E-state index contributed by atoms with van der Waals surface area (Å²) in [7, 11) is 0. The van der Waals surface area contributed by atoms with E-state index in [4.69, 9.17) is 0 Å². The van der Waals surface area contributed by atoms with Crippen LogP contribution in [0.3, 0.4) is 0 Å². The highest BCUT2D eigenvalue weighted by atomic mass is 32.2. The van der Waals surface area contributed by atoms with E-state index in [1.54, 1.807) is 0 Å². The van der Waals surface area contributed by atoms with Gasteiger partial charge < -0.3 is 4.55 Å². The molecule has 0 amide bonds. The largest absolute Gasteiger partial charge is 0.772 e. The molecule has 1 aromatic carbocycles. The molecule has 0 spiro atoms. The van der Waals surface area contributed by atoms with Gasteiger partial charge in [-0.15, -0.1) is 0 Å². The minimum atomic E-state index is -4.32. The van der Waals surface area contributed by atoms with Crippen LogP contribution in [0.25, 0.3) is 0 Å². The van der Waals surface area contributed by atoms with Crippen molar-refractivity contribution in [3.05, 3.63) is 35.4 Å². The summed E-state index contributed by atoms with van der Waals surface area (Å²) in [5.41, 5.74) is 0.0158. The first-order valence-electron chi connectivity index (χ1n) is 4.61. The van der Waals surface area contributed by atoms with Crippen molar-refractivity contribution in [1.82, 2.24) is 0 Å². The minimum Gasteiger partial charge on any atom is -0.772 e. The lowest BCUT2D eigenvalue weighted by Crippen LogP contribution is -2.04. The molecule has 0 aromatic heterocycles. The van der Waals surface area contributed by atoms with E-state index in [1.807, 2.05) is 0 Å². The molecule has 0 bridgehead atoms. The Kier molecular flexibility index (Phi) is 4.49. The maximum absolute atomic E-state index is 12.2. The highest BCUT2D eigenvalue weighted by Gasteiger charge is 2.29. The lowest BCUT2D eigenvalue weighted by Gasteiger charge is -2.08. The van der Waals surface area contributed by atoms with Gasteiger partial charge in [-0.25, -0.2) is 0 Å². The van der Waals surface area contributed by atoms with Gasteiger partial charge in [0, 0.05) is 5.75 Å². The van der Waals surface area contributed by atoms with Gasteiger partial charge in [-0.2, -0.15) is 13.2 Å². The third kappa shape index (κ3) is 4.32. The van der Waals surface area contributed by atoms with Crippen LogP contribution >= 0.6 is 0 Å². The van der Waals surface area contributed by atoms with Crippen molar-refractivity contribution in [2.75, 3.05) is 5.75 Å². The van der Waals surface area contributed by atoms with E-state index in [2.05, 4.69) is 0 Å². The van der Waals surface area contributed by atoms with Crippen molar-refractivity contribution < 1.29 is 21.9 Å². The van der Waals surface area contributed by atoms with E-state index in [9.17, 15) is 21.9 Å². The van der Waals surface area contributed by atoms with Gasteiger partial charge in [-0.05, 0) is 30.5 Å². The van der Waals surface area contributed by atoms with Gasteiger partial charge in [-0.1, -0.05) is 23.2 Å². The summed E-state index contributed by atoms with van der Waals surface area (Å²) in [5, 5.41) is 0. The fourth-order valence-electron chi connectivity index (χ4n) is 1.25. The first kappa shape index (κ1) is 13.2. The Labute approximate surface area is 93.8 Å². The molecule has 0 radical (unpaired) electrons. The molecule has 90 valence electrons. The summed E-state index contributed by atoms with van der Waals surface area (Å²) in [6, 6.07) is 4.75. The van der Waals surface area contributed by atoms with Crippen LogP contribution in [-0.2, 0) is 23.7 Å². The second-order valence-corrected chi connectivity index (χ2v) is 4.32. The van der Waals surface area contributed by atoms with Gasteiger partial charge in [0.05, 0.1) is 5.56 Å². The van der Waals surface area contributed by atoms with Gasteiger partial charge in [0.25, 0.3) is 0 Å². The number of rotatable bonds is 4. The Balaban J connectivity index is 2.55. The maximum atomic E-state index is 12.2. The SMILES string of the molecule is O=S([O-])CCCc1ccc(C(F)(F)F)cc1. The maximum Gasteiger partial charge on any atom is 0.416 e. The zero-order chi connectivity index (χ0) is 12.2. The minimum absolute atomic E-state index is 0.0288. The van der Waals surface area contributed by atoms with Gasteiger partial charge in [-0.3, -0.25) is 4.21 Å². The van der Waals surface area contributed by atoms with Crippen LogP contribution in [0, 0.1) is 0 Å². The summed E-state index contributed by atoms with van der Waals surface area (Å²) in [4.78, 5) is 0. The van der Waals surface area contributed by atoms with Crippen LogP contribution in [0.15, 0.2) is 24.3 Å². The lowest BCUT2D eigenvalue weighted by molar-refractivity contribution is -0.137. The zero-order valence-corrected chi connectivity index (χ0v) is 9.11. The summed E-state index contributed by atoms with van der Waals surface area (Å²) in [6.45, 7) is 0. The Bertz CT molecular complexity index is 359. The van der Waals surface area contributed by atoms with Crippen molar-refractivity contribution >= 4 is 11.1 Å². The van der Waals surface area contributed by atoms with E-state index in [1.165, 1.54) is 12.1 Å². The van der Waals surface area contributed by atoms with Crippen LogP contribution in [0.2, 0.25) is 0 Å². The average Bonchev–Trinajstić information content (AvgIpc) is 2.16. The third-order valence-corrected chi connectivity index (χ3v) is 2.68. The smallest absolute Gasteiger partial charge is 0.416 e. The van der Waals surface area contributed by atoms with Crippen molar-refractivity contribution in [3.8, 4) is 0 Å². The Morgan fingerprint density at radius 3 is 2.19 bits per heavy atom. The van der Waals surface area contributed by atoms with Gasteiger partial charge in [0.2, 0.25) is 0 Å². The quantitative estimate of drug-likeness (QED) is 0.771. The first-order valence-corrected chi connectivity index (χ1v) is 5.86. The molecule has 0 fully saturated rings. The molecule has 1 aromatic rings. The summed E-state index contributed by atoms with van der Waals surface area (Å²) < 4.78 is 57.0. The average molecular weight is 251 g/mol. The molecule has 6 heteroatoms. The topological polar surface area (TPSA) is 40.1 Å². The van der Waals surface area contributed by atoms with E-state index in [0.717, 1.165) is 12.1 Å². The summed E-state index contributed by atoms with van der Waals surface area (Å²) in [5.74, 6) is 0.0288. The number of hydrogen-bond acceptors (Lipinski definition) is 2. The van der Waals surface area contributed by atoms with Gasteiger partial charge in [0.1, 0.15) is 0 Å². The van der Waals surface area contributed by atoms with E-state index in [0.29, 0.717) is 18.4 Å². The Morgan fingerprint density at radius 2 is 1.75 bits per heavy atom. The molecule has 0 aliphatic carbocycles. The predicted octanol–water partition coefficient (Wildman–Crippen LogP) is 2.52. The van der Waals surface area contributed by atoms with Crippen LogP contribution in [0.4, 0.5) is 13.2 Å². The fraction of sp³-hybridized carbons (Fsp3) is 0.400. The van der Waals surface area contributed by atoms with Gasteiger partial charge >= 0.3 is 6.18 Å². The molecule has 2 nitrogen and oxygen atoms in total. The molecule has 1 rings (SSSR count). The fourth-order valence-corrected chi connectivity index (χ4v) is 1.63. The highest BCUT2D eigenvalue weighted by Crippen LogP contribution is 2.29. The van der Waals surface area contributed by atoms with Crippen molar-refractivity contribution in [3.63, 3.8) is 0 Å². The number of halogens is 3. The summed E-state index contributed by atoms with van der Waals surface area (Å²) >= 11 is -2.09. The lowest BCUT2D eigenvalue weighted by atomic mass is 10.1. The zero-order valence-electron chi connectivity index (χ0n) is 8.29. The van der Waals surface area contributed by atoms with Crippen molar-refractivity contribution in [2.24, 2.45) is 0 Å². The molecular formula is C10H10F3O2S-. The first-order chi connectivity index (χ1) is 7.39. The molecular weight excluding hydrogens is 241 g/mol. The molecule has 16 heavy (non-hydrogen) atoms. The molecule has 0 heterocycles. The van der Waals surface area contributed by atoms with E-state index in [-0.39, 0.29) is 5.75 Å². The Hall–Kier alpha value is -0.880. The molecule has 0 N–H and O–H groups in total. The van der Waals surface area contributed by atoms with Crippen molar-refractivity contribution in [1.29, 1.82) is 0 Å². The van der Waals surface area contributed by atoms with Crippen LogP contribution in [0.5, 0.6) is 0 Å². The second-order valence-electron chi connectivity index (χ2n) is 3.31. The van der Waals surface area contributed by atoms with Crippen LogP contribution < -0.4 is 0 Å². The number of alkyl halides is 3. The molecule has 1 unspecified atom stereocenters. The molecule has 0 saturated heterocycles. The summed E-state index contributed by atoms with van der Waals surface area (Å²) in [6.07, 6.45) is -3.44. The normalized spacial score (nSPS) is 13.8. The second kappa shape index (κ2) is 5.45. The predicted molar refractivity (Wildman–Crippen MR) is 53.6 cm³/mol. The van der Waals surface area contributed by atoms with Crippen molar-refractivity contribution in [2.45, 2.75) is 19.0 Å². The molecule has 0 aliphatic rings.